The molecule has 0 bridgehead atoms. The van der Waals surface area contributed by atoms with Crippen molar-refractivity contribution in [3.05, 3.63) is 29.6 Å². The predicted molar refractivity (Wildman–Crippen MR) is 74.6 cm³/mol. The van der Waals surface area contributed by atoms with Crippen molar-refractivity contribution >= 4 is 0 Å². The van der Waals surface area contributed by atoms with Gasteiger partial charge in [0.25, 0.3) is 0 Å². The summed E-state index contributed by atoms with van der Waals surface area (Å²) < 4.78 is 18.9. The Morgan fingerprint density at radius 2 is 1.89 bits per heavy atom. The van der Waals surface area contributed by atoms with Crippen LogP contribution in [0.5, 0.6) is 5.75 Å². The van der Waals surface area contributed by atoms with Crippen molar-refractivity contribution in [1.82, 2.24) is 0 Å². The minimum atomic E-state index is -0.115. The Balaban J connectivity index is 0.000000492. The molecule has 0 aliphatic heterocycles. The van der Waals surface area contributed by atoms with Gasteiger partial charge in [-0.05, 0) is 48.9 Å². The van der Waals surface area contributed by atoms with Crippen LogP contribution < -0.4 is 4.74 Å². The van der Waals surface area contributed by atoms with Crippen molar-refractivity contribution < 1.29 is 9.13 Å². The highest BCUT2D eigenvalue weighted by molar-refractivity contribution is 5.30. The third kappa shape index (κ3) is 5.52. The van der Waals surface area contributed by atoms with Crippen LogP contribution in [0, 0.1) is 11.7 Å². The number of benzene rings is 1. The second-order valence-corrected chi connectivity index (χ2v) is 4.96. The number of hydrogen-bond donors (Lipinski definition) is 0. The molecule has 1 nitrogen and oxygen atoms in total. The zero-order valence-electron chi connectivity index (χ0n) is 11.8. The highest BCUT2D eigenvalue weighted by atomic mass is 19.1. The van der Waals surface area contributed by atoms with Gasteiger partial charge in [0.15, 0.2) is 0 Å². The summed E-state index contributed by atoms with van der Waals surface area (Å²) in [5.41, 5.74) is 0.769. The van der Waals surface area contributed by atoms with E-state index in [-0.39, 0.29) is 5.82 Å². The van der Waals surface area contributed by atoms with Gasteiger partial charge in [-0.25, -0.2) is 4.39 Å². The Morgan fingerprint density at radius 3 is 2.44 bits per heavy atom. The fourth-order valence-corrected chi connectivity index (χ4v) is 1.60. The second kappa shape index (κ2) is 8.12. The van der Waals surface area contributed by atoms with Gasteiger partial charge >= 0.3 is 0 Å². The normalized spacial score (nSPS) is 13.8. The average molecular weight is 252 g/mol. The molecule has 0 radical (unpaired) electrons. The summed E-state index contributed by atoms with van der Waals surface area (Å²) in [6.45, 7) is 7.09. The van der Waals surface area contributed by atoms with Crippen molar-refractivity contribution in [1.29, 1.82) is 0 Å². The minimum absolute atomic E-state index is 0.115. The maximum Gasteiger partial charge on any atom is 0.126 e. The molecule has 1 saturated carbocycles. The van der Waals surface area contributed by atoms with Crippen LogP contribution in [-0.2, 0) is 6.42 Å². The molecule has 1 aromatic carbocycles. The molecule has 18 heavy (non-hydrogen) atoms. The Hall–Kier alpha value is -1.05. The topological polar surface area (TPSA) is 9.23 Å². The molecule has 0 heterocycles. The summed E-state index contributed by atoms with van der Waals surface area (Å²) in [6, 6.07) is 5.06. The lowest BCUT2D eigenvalue weighted by Crippen LogP contribution is -2.00. The van der Waals surface area contributed by atoms with Gasteiger partial charge in [-0.1, -0.05) is 33.6 Å². The molecule has 0 aromatic heterocycles. The van der Waals surface area contributed by atoms with Crippen LogP contribution in [-0.4, -0.2) is 6.61 Å². The van der Waals surface area contributed by atoms with E-state index < -0.39 is 0 Å². The Bertz CT molecular complexity index is 345. The SMILES string of the molecule is CCC.CCCc1cc(OCC2CC2)ccc1F. The number of hydrogen-bond acceptors (Lipinski definition) is 1. The van der Waals surface area contributed by atoms with Gasteiger partial charge in [0.1, 0.15) is 11.6 Å². The quantitative estimate of drug-likeness (QED) is 0.718. The molecule has 2 rings (SSSR count). The van der Waals surface area contributed by atoms with Crippen molar-refractivity contribution in [3.8, 4) is 5.75 Å². The summed E-state index contributed by atoms with van der Waals surface area (Å²) in [5, 5.41) is 0. The zero-order valence-corrected chi connectivity index (χ0v) is 11.8. The molecular formula is C16H25FO. The lowest BCUT2D eigenvalue weighted by Gasteiger charge is -2.07. The predicted octanol–water partition coefficient (Wildman–Crippen LogP) is 4.98. The molecule has 1 fully saturated rings. The van der Waals surface area contributed by atoms with Gasteiger partial charge in [-0.2, -0.15) is 0 Å². The van der Waals surface area contributed by atoms with Crippen LogP contribution in [0.1, 0.15) is 52.0 Å². The van der Waals surface area contributed by atoms with Gasteiger partial charge in [0.05, 0.1) is 6.61 Å². The standard InChI is InChI=1S/C13H17FO.C3H8/c1-2-3-11-8-12(6-7-13(11)14)15-9-10-4-5-10;1-3-2/h6-8,10H,2-5,9H2,1H3;3H2,1-2H3. The van der Waals surface area contributed by atoms with E-state index >= 15 is 0 Å². The van der Waals surface area contributed by atoms with Crippen LogP contribution in [0.15, 0.2) is 18.2 Å². The first-order valence-corrected chi connectivity index (χ1v) is 7.12. The van der Waals surface area contributed by atoms with Crippen LogP contribution >= 0.6 is 0 Å². The number of halogens is 1. The fraction of sp³-hybridized carbons (Fsp3) is 0.625. The zero-order chi connectivity index (χ0) is 13.4. The van der Waals surface area contributed by atoms with E-state index in [0.717, 1.165) is 36.7 Å². The Kier molecular flexibility index (Phi) is 6.77. The molecule has 1 aliphatic rings. The van der Waals surface area contributed by atoms with Crippen molar-refractivity contribution in [2.75, 3.05) is 6.61 Å². The average Bonchev–Trinajstić information content (AvgIpc) is 3.15. The third-order valence-electron chi connectivity index (χ3n) is 2.72. The molecular weight excluding hydrogens is 227 g/mol. The maximum absolute atomic E-state index is 13.3. The molecule has 0 N–H and O–H groups in total. The van der Waals surface area contributed by atoms with E-state index in [0.29, 0.717) is 0 Å². The molecule has 102 valence electrons. The highest BCUT2D eigenvalue weighted by Gasteiger charge is 2.21. The van der Waals surface area contributed by atoms with Crippen LogP contribution in [0.4, 0.5) is 4.39 Å². The van der Waals surface area contributed by atoms with Crippen molar-refractivity contribution in [2.45, 2.75) is 52.9 Å². The molecule has 1 aromatic rings. The van der Waals surface area contributed by atoms with Crippen molar-refractivity contribution in [3.63, 3.8) is 0 Å². The second-order valence-electron chi connectivity index (χ2n) is 4.96. The highest BCUT2D eigenvalue weighted by Crippen LogP contribution is 2.29. The Morgan fingerprint density at radius 1 is 1.22 bits per heavy atom. The van der Waals surface area contributed by atoms with Crippen LogP contribution in [0.3, 0.4) is 0 Å². The number of aryl methyl sites for hydroxylation is 1. The van der Waals surface area contributed by atoms with Gasteiger partial charge in [0, 0.05) is 0 Å². The summed E-state index contributed by atoms with van der Waals surface area (Å²) in [5.74, 6) is 1.44. The summed E-state index contributed by atoms with van der Waals surface area (Å²) in [7, 11) is 0. The largest absolute Gasteiger partial charge is 0.493 e. The smallest absolute Gasteiger partial charge is 0.126 e. The van der Waals surface area contributed by atoms with E-state index in [2.05, 4.69) is 20.8 Å². The summed E-state index contributed by atoms with van der Waals surface area (Å²) in [6.07, 6.45) is 5.56. The van der Waals surface area contributed by atoms with E-state index in [4.69, 9.17) is 4.74 Å². The first-order valence-electron chi connectivity index (χ1n) is 7.12. The first kappa shape index (κ1) is 15.0. The van der Waals surface area contributed by atoms with Crippen LogP contribution in [0.2, 0.25) is 0 Å². The molecule has 0 atom stereocenters. The van der Waals surface area contributed by atoms with E-state index in [1.165, 1.54) is 25.3 Å². The van der Waals surface area contributed by atoms with Gasteiger partial charge in [-0.15, -0.1) is 0 Å². The minimum Gasteiger partial charge on any atom is -0.493 e. The molecule has 0 saturated heterocycles. The van der Waals surface area contributed by atoms with Crippen LogP contribution in [0.25, 0.3) is 0 Å². The third-order valence-corrected chi connectivity index (χ3v) is 2.72. The van der Waals surface area contributed by atoms with E-state index in [9.17, 15) is 4.39 Å². The molecule has 1 aliphatic carbocycles. The summed E-state index contributed by atoms with van der Waals surface area (Å²) in [4.78, 5) is 0. The molecule has 0 unspecified atom stereocenters. The number of ether oxygens (including phenoxy) is 1. The maximum atomic E-state index is 13.3. The molecule has 0 amide bonds. The lowest BCUT2D eigenvalue weighted by molar-refractivity contribution is 0.299. The Labute approximate surface area is 110 Å². The first-order chi connectivity index (χ1) is 8.71. The lowest BCUT2D eigenvalue weighted by atomic mass is 10.1. The van der Waals surface area contributed by atoms with Gasteiger partial charge in [-0.3, -0.25) is 0 Å². The summed E-state index contributed by atoms with van der Waals surface area (Å²) >= 11 is 0. The molecule has 0 spiro atoms. The van der Waals surface area contributed by atoms with E-state index in [1.54, 1.807) is 6.07 Å². The fourth-order valence-electron chi connectivity index (χ4n) is 1.60. The monoisotopic (exact) mass is 252 g/mol. The number of rotatable bonds is 5. The molecule has 2 heteroatoms. The van der Waals surface area contributed by atoms with Crippen molar-refractivity contribution in [2.24, 2.45) is 5.92 Å². The van der Waals surface area contributed by atoms with E-state index in [1.807, 2.05) is 6.07 Å². The van der Waals surface area contributed by atoms with Gasteiger partial charge < -0.3 is 4.74 Å². The van der Waals surface area contributed by atoms with Gasteiger partial charge in [0.2, 0.25) is 0 Å².